The van der Waals surface area contributed by atoms with Crippen molar-refractivity contribution in [3.05, 3.63) is 204 Å². The van der Waals surface area contributed by atoms with Crippen molar-refractivity contribution in [1.82, 2.24) is 19.1 Å². The van der Waals surface area contributed by atoms with Crippen molar-refractivity contribution in [2.45, 2.75) is 85.9 Å². The van der Waals surface area contributed by atoms with Crippen molar-refractivity contribution in [3.8, 4) is 45.3 Å². The van der Waals surface area contributed by atoms with Gasteiger partial charge in [-0.25, -0.2) is 0 Å². The van der Waals surface area contributed by atoms with Gasteiger partial charge in [0.05, 0.1) is 39.3 Å². The average molecular weight is 1080 g/mol. The minimum Gasteiger partial charge on any atom is -0.501 e. The predicted molar refractivity (Wildman–Crippen MR) is 284 cm³/mol. The first-order valence-electron chi connectivity index (χ1n) is 25.4. The van der Waals surface area contributed by atoms with Crippen molar-refractivity contribution >= 4 is 44.0 Å². The number of para-hydroxylation sites is 7. The molecule has 11 rings (SSSR count). The molecule has 0 atom stereocenters. The van der Waals surface area contributed by atoms with Gasteiger partial charge in [-0.1, -0.05) is 182 Å². The van der Waals surface area contributed by atoms with E-state index in [4.69, 9.17) is 18.5 Å². The summed E-state index contributed by atoms with van der Waals surface area (Å²) in [6.45, 7) is 15.6. The molecule has 3 heterocycles. The topological polar surface area (TPSA) is 48.8 Å². The summed E-state index contributed by atoms with van der Waals surface area (Å²) in [6.07, 6.45) is 0. The van der Waals surface area contributed by atoms with Gasteiger partial charge in [0.15, 0.2) is 0 Å². The summed E-state index contributed by atoms with van der Waals surface area (Å²) in [5.74, 6) is 2.97. The van der Waals surface area contributed by atoms with Gasteiger partial charge >= 0.3 is 0 Å². The number of hydrogen-bond donors (Lipinski definition) is 0. The number of fused-ring (bicyclic) bond motifs is 5. The quantitative estimate of drug-likeness (QED) is 0.135. The molecule has 0 aliphatic heterocycles. The van der Waals surface area contributed by atoms with Crippen LogP contribution in [0.2, 0.25) is 0 Å². The van der Waals surface area contributed by atoms with E-state index in [1.807, 2.05) is 48.5 Å². The number of nitrogens with zero attached hydrogens (tertiary/aromatic N) is 4. The van der Waals surface area contributed by atoms with Crippen molar-refractivity contribution in [1.29, 1.82) is 0 Å². The predicted octanol–water partition coefficient (Wildman–Crippen LogP) is 17.4. The Morgan fingerprint density at radius 3 is 1.59 bits per heavy atom. The van der Waals surface area contributed by atoms with E-state index in [-0.39, 0.29) is 37.5 Å². The van der Waals surface area contributed by atoms with Crippen LogP contribution in [0.3, 0.4) is 0 Å². The van der Waals surface area contributed by atoms with Gasteiger partial charge in [0.1, 0.15) is 5.58 Å². The maximum atomic E-state index is 8.21. The van der Waals surface area contributed by atoms with E-state index in [1.165, 1.54) is 39.1 Å². The minimum absolute atomic E-state index is 0. The van der Waals surface area contributed by atoms with E-state index in [0.29, 0.717) is 39.8 Å². The maximum absolute atomic E-state index is 8.21. The van der Waals surface area contributed by atoms with Crippen LogP contribution < -0.4 is 0 Å². The molecular formula is C63H58IrN4O-2. The van der Waals surface area contributed by atoms with Crippen molar-refractivity contribution in [2.75, 3.05) is 0 Å². The third-order valence-corrected chi connectivity index (χ3v) is 13.1. The number of benzene rings is 8. The molecule has 11 aromatic rings. The van der Waals surface area contributed by atoms with Crippen molar-refractivity contribution < 1.29 is 28.6 Å². The Kier molecular flexibility index (Phi) is 12.4. The molecule has 5 nitrogen and oxygen atoms in total. The zero-order valence-corrected chi connectivity index (χ0v) is 42.8. The summed E-state index contributed by atoms with van der Waals surface area (Å²) in [6, 6.07) is 62.5. The third kappa shape index (κ3) is 8.66. The summed E-state index contributed by atoms with van der Waals surface area (Å²) < 4.78 is 35.6. The van der Waals surface area contributed by atoms with Crippen LogP contribution in [0.1, 0.15) is 111 Å². The number of imidazole rings is 2. The molecule has 0 N–H and O–H groups in total. The van der Waals surface area contributed by atoms with E-state index in [9.17, 15) is 0 Å². The van der Waals surface area contributed by atoms with Crippen molar-refractivity contribution in [3.63, 3.8) is 0 Å². The monoisotopic (exact) mass is 1080 g/mol. The molecule has 347 valence electrons. The van der Waals surface area contributed by atoms with Gasteiger partial charge in [0.25, 0.3) is 0 Å². The van der Waals surface area contributed by atoms with Crippen LogP contribution in [0.25, 0.3) is 89.3 Å². The fraction of sp³-hybridized carbons (Fsp3) is 0.206. The van der Waals surface area contributed by atoms with E-state index in [0.717, 1.165) is 44.5 Å². The standard InChI is InChI=1S/C32H29N2O.C31H29N2.Ir/c1-19(2)22-12-10-13-23(20(3)4)30(22)34-27-15-8-7-14-26(27)33-32(34)25-18-17-21(5)29-24-11-6-9-16-28(24)35-31(25)29;1-21(2)26-16-11-17-27(22(3)4)30(26)33-29-19-9-8-18-28(29)32-31(33)25-15-10-14-24(20-25)23-12-6-5-7-13-23;/h6-17,19-20H,1-5H3;5-14,16-22H,1-4H3;/q2*-1;/i5D3;;. The Balaban J connectivity index is 0.000000177. The van der Waals surface area contributed by atoms with Crippen LogP contribution in [-0.2, 0) is 20.1 Å². The molecule has 8 aromatic carbocycles. The Morgan fingerprint density at radius 1 is 0.522 bits per heavy atom. The first kappa shape index (κ1) is 43.4. The summed E-state index contributed by atoms with van der Waals surface area (Å²) in [5, 5.41) is 1.37. The minimum atomic E-state index is -2.31. The van der Waals surface area contributed by atoms with Crippen LogP contribution in [0.5, 0.6) is 0 Å². The average Bonchev–Trinajstić information content (AvgIpc) is 4.08. The van der Waals surface area contributed by atoms with Gasteiger partial charge in [-0.2, -0.15) is 0 Å². The van der Waals surface area contributed by atoms with Gasteiger partial charge < -0.3 is 13.6 Å². The van der Waals surface area contributed by atoms with E-state index < -0.39 is 6.85 Å². The zero-order valence-electron chi connectivity index (χ0n) is 43.4. The number of aromatic nitrogens is 4. The molecular weight excluding hydrogens is 1020 g/mol. The van der Waals surface area contributed by atoms with E-state index in [1.54, 1.807) is 6.07 Å². The van der Waals surface area contributed by atoms with Crippen LogP contribution in [0.15, 0.2) is 168 Å². The van der Waals surface area contributed by atoms with Gasteiger partial charge in [0, 0.05) is 41.0 Å². The molecule has 1 radical (unpaired) electrons. The number of aryl methyl sites for hydroxylation is 1. The van der Waals surface area contributed by atoms with E-state index >= 15 is 0 Å². The molecule has 0 saturated heterocycles. The molecule has 69 heavy (non-hydrogen) atoms. The zero-order chi connectivity index (χ0) is 49.7. The van der Waals surface area contributed by atoms with Crippen LogP contribution in [0.4, 0.5) is 0 Å². The SMILES string of the molecule is CC(C)c1cccc(C(C)C)c1-n1c(-c2[c-]ccc(-c3ccccc3)c2)nc2ccccc21.[2H]C([2H])([2H])c1c[c-]c(-c2nc3ccccc3n2-c2c(C(C)C)cccc2C(C)C)c2oc3ccccc3c12.[Ir]. The Bertz CT molecular complexity index is 3680. The van der Waals surface area contributed by atoms with Crippen molar-refractivity contribution in [2.24, 2.45) is 0 Å². The number of rotatable bonds is 9. The molecule has 3 aromatic heterocycles. The first-order chi connectivity index (χ1) is 34.2. The molecule has 0 aliphatic carbocycles. The summed E-state index contributed by atoms with van der Waals surface area (Å²) in [7, 11) is 0. The molecule has 0 saturated carbocycles. The van der Waals surface area contributed by atoms with Gasteiger partial charge in [0.2, 0.25) is 0 Å². The summed E-state index contributed by atoms with van der Waals surface area (Å²) in [5.41, 5.74) is 16.8. The Morgan fingerprint density at radius 2 is 1.03 bits per heavy atom. The third-order valence-electron chi connectivity index (χ3n) is 13.1. The smallest absolute Gasteiger partial charge is 0.120 e. The largest absolute Gasteiger partial charge is 0.501 e. The fourth-order valence-corrected chi connectivity index (χ4v) is 9.74. The number of hydrogen-bond acceptors (Lipinski definition) is 3. The molecule has 0 aliphatic rings. The number of furan rings is 1. The Labute approximate surface area is 424 Å². The molecule has 0 fully saturated rings. The van der Waals surface area contributed by atoms with Gasteiger partial charge in [-0.3, -0.25) is 9.97 Å². The van der Waals surface area contributed by atoms with Crippen LogP contribution in [-0.4, -0.2) is 19.1 Å². The molecule has 0 spiro atoms. The molecule has 6 heteroatoms. The normalized spacial score (nSPS) is 12.5. The molecule has 0 unspecified atom stereocenters. The first-order valence-corrected chi connectivity index (χ1v) is 23.9. The van der Waals surface area contributed by atoms with Gasteiger partial charge in [-0.05, 0) is 81.8 Å². The maximum Gasteiger partial charge on any atom is 0.120 e. The second-order valence-corrected chi connectivity index (χ2v) is 18.9. The summed E-state index contributed by atoms with van der Waals surface area (Å²) >= 11 is 0. The van der Waals surface area contributed by atoms with Crippen LogP contribution in [0, 0.1) is 19.0 Å². The molecule has 0 bridgehead atoms. The van der Waals surface area contributed by atoms with E-state index in [2.05, 4.69) is 186 Å². The molecule has 0 amide bonds. The second-order valence-electron chi connectivity index (χ2n) is 18.9. The van der Waals surface area contributed by atoms with Crippen LogP contribution >= 0.6 is 0 Å². The fourth-order valence-electron chi connectivity index (χ4n) is 9.74. The summed E-state index contributed by atoms with van der Waals surface area (Å²) in [4.78, 5) is 10.2. The van der Waals surface area contributed by atoms with Gasteiger partial charge in [-0.15, -0.1) is 53.1 Å². The second kappa shape index (κ2) is 19.6. The Hall–Kier alpha value is -6.85.